The Morgan fingerprint density at radius 1 is 1.21 bits per heavy atom. The maximum absolute atomic E-state index is 11.7. The lowest BCUT2D eigenvalue weighted by Gasteiger charge is -2.19. The first-order chi connectivity index (χ1) is 11.2. The van der Waals surface area contributed by atoms with E-state index in [1.807, 2.05) is 18.9 Å². The highest BCUT2D eigenvalue weighted by Crippen LogP contribution is 2.10. The summed E-state index contributed by atoms with van der Waals surface area (Å²) in [6.07, 6.45) is 6.74. The van der Waals surface area contributed by atoms with E-state index in [1.165, 1.54) is 45.3 Å². The molecule has 7 heteroatoms. The second-order valence-electron chi connectivity index (χ2n) is 6.58. The van der Waals surface area contributed by atoms with Gasteiger partial charge in [0.05, 0.1) is 0 Å². The van der Waals surface area contributed by atoms with Crippen molar-refractivity contribution >= 4 is 35.8 Å². The minimum Gasteiger partial charge on any atom is -0.356 e. The molecule has 0 bridgehead atoms. The molecule has 2 N–H and O–H groups in total. The number of guanidine groups is 1. The van der Waals surface area contributed by atoms with Crippen molar-refractivity contribution in [2.45, 2.75) is 51.5 Å². The van der Waals surface area contributed by atoms with Crippen LogP contribution in [0, 0.1) is 0 Å². The normalized spacial score (nSPS) is 21.7. The van der Waals surface area contributed by atoms with E-state index in [-0.39, 0.29) is 29.9 Å². The molecule has 0 aliphatic carbocycles. The Bertz CT molecular complexity index is 398. The minimum absolute atomic E-state index is 0. The molecule has 2 heterocycles. The zero-order chi connectivity index (χ0) is 16.5. The summed E-state index contributed by atoms with van der Waals surface area (Å²) < 4.78 is 0. The first kappa shape index (κ1) is 21.5. The van der Waals surface area contributed by atoms with Crippen molar-refractivity contribution < 1.29 is 4.79 Å². The molecule has 2 fully saturated rings. The number of amides is 1. The number of rotatable bonds is 7. The van der Waals surface area contributed by atoms with Gasteiger partial charge in [0.2, 0.25) is 5.91 Å². The van der Waals surface area contributed by atoms with Gasteiger partial charge < -0.3 is 20.4 Å². The van der Waals surface area contributed by atoms with Crippen LogP contribution in [0.25, 0.3) is 0 Å². The molecule has 140 valence electrons. The fourth-order valence-electron chi connectivity index (χ4n) is 3.39. The topological polar surface area (TPSA) is 60.0 Å². The van der Waals surface area contributed by atoms with Gasteiger partial charge in [-0.1, -0.05) is 6.92 Å². The molecule has 2 rings (SSSR count). The van der Waals surface area contributed by atoms with Gasteiger partial charge in [-0.3, -0.25) is 9.79 Å². The van der Waals surface area contributed by atoms with E-state index in [0.29, 0.717) is 12.5 Å². The van der Waals surface area contributed by atoms with E-state index in [9.17, 15) is 4.79 Å². The number of hydrogen-bond acceptors (Lipinski definition) is 3. The molecule has 1 unspecified atom stereocenters. The highest BCUT2D eigenvalue weighted by atomic mass is 127. The van der Waals surface area contributed by atoms with Gasteiger partial charge in [-0.15, -0.1) is 24.0 Å². The van der Waals surface area contributed by atoms with Gasteiger partial charge in [0.15, 0.2) is 5.96 Å². The lowest BCUT2D eigenvalue weighted by molar-refractivity contribution is -0.129. The van der Waals surface area contributed by atoms with Crippen molar-refractivity contribution in [3.63, 3.8) is 0 Å². The van der Waals surface area contributed by atoms with Crippen LogP contribution in [0.5, 0.6) is 0 Å². The maximum Gasteiger partial charge on any atom is 0.222 e. The van der Waals surface area contributed by atoms with Crippen LogP contribution in [0.1, 0.15) is 45.4 Å². The summed E-state index contributed by atoms with van der Waals surface area (Å²) in [6.45, 7) is 8.32. The number of nitrogens with one attached hydrogen (secondary N) is 2. The van der Waals surface area contributed by atoms with Crippen molar-refractivity contribution in [3.8, 4) is 0 Å². The number of carbonyl (C=O) groups excluding carboxylic acids is 1. The summed E-state index contributed by atoms with van der Waals surface area (Å²) in [6, 6.07) is 0.321. The molecule has 2 saturated heterocycles. The SMILES string of the molecule is CCC(=O)N1CCC(NC(=NC)NCCCCN2CCCC2)C1.I. The molecule has 2 aliphatic heterocycles. The summed E-state index contributed by atoms with van der Waals surface area (Å²) in [5.74, 6) is 1.11. The number of aliphatic imine (C=N–C) groups is 1. The summed E-state index contributed by atoms with van der Waals surface area (Å²) >= 11 is 0. The Labute approximate surface area is 163 Å². The molecular weight excluding hydrogens is 417 g/mol. The first-order valence-corrected chi connectivity index (χ1v) is 9.20. The standard InChI is InChI=1S/C17H33N5O.HI/c1-3-16(23)22-13-8-15(14-22)20-17(18-2)19-9-4-5-10-21-11-6-7-12-21;/h15H,3-14H2,1-2H3,(H2,18,19,20);1H. The van der Waals surface area contributed by atoms with Gasteiger partial charge in [0.1, 0.15) is 0 Å². The van der Waals surface area contributed by atoms with E-state index in [0.717, 1.165) is 32.0 Å². The number of hydrogen-bond donors (Lipinski definition) is 2. The molecule has 0 radical (unpaired) electrons. The Hall–Kier alpha value is -0.570. The number of carbonyl (C=O) groups is 1. The number of likely N-dealkylation sites (tertiary alicyclic amines) is 2. The van der Waals surface area contributed by atoms with Crippen LogP contribution >= 0.6 is 24.0 Å². The zero-order valence-electron chi connectivity index (χ0n) is 15.2. The molecular formula is C17H34IN5O. The van der Waals surface area contributed by atoms with Crippen molar-refractivity contribution in [3.05, 3.63) is 0 Å². The van der Waals surface area contributed by atoms with Gasteiger partial charge >= 0.3 is 0 Å². The Kier molecular flexibility index (Phi) is 10.6. The van der Waals surface area contributed by atoms with Crippen LogP contribution in [0.2, 0.25) is 0 Å². The fraction of sp³-hybridized carbons (Fsp3) is 0.882. The first-order valence-electron chi connectivity index (χ1n) is 9.20. The fourth-order valence-corrected chi connectivity index (χ4v) is 3.39. The van der Waals surface area contributed by atoms with Gasteiger partial charge in [-0.25, -0.2) is 0 Å². The predicted molar refractivity (Wildman–Crippen MR) is 110 cm³/mol. The second kappa shape index (κ2) is 11.9. The third kappa shape index (κ3) is 7.13. The van der Waals surface area contributed by atoms with Gasteiger partial charge in [0.25, 0.3) is 0 Å². The van der Waals surface area contributed by atoms with Gasteiger partial charge in [0, 0.05) is 39.1 Å². The number of unbranched alkanes of at least 4 members (excludes halogenated alkanes) is 1. The zero-order valence-corrected chi connectivity index (χ0v) is 17.6. The van der Waals surface area contributed by atoms with Crippen molar-refractivity contribution in [1.82, 2.24) is 20.4 Å². The lowest BCUT2D eigenvalue weighted by Crippen LogP contribution is -2.45. The minimum atomic E-state index is 0. The molecule has 0 aromatic heterocycles. The third-order valence-corrected chi connectivity index (χ3v) is 4.80. The van der Waals surface area contributed by atoms with Crippen LogP contribution < -0.4 is 10.6 Å². The Morgan fingerprint density at radius 3 is 2.62 bits per heavy atom. The molecule has 0 aromatic rings. The van der Waals surface area contributed by atoms with E-state index < -0.39 is 0 Å². The average molecular weight is 451 g/mol. The van der Waals surface area contributed by atoms with Crippen LogP contribution in [0.3, 0.4) is 0 Å². The molecule has 0 spiro atoms. The Balaban J connectivity index is 0.00000288. The maximum atomic E-state index is 11.7. The third-order valence-electron chi connectivity index (χ3n) is 4.80. The molecule has 0 saturated carbocycles. The highest BCUT2D eigenvalue weighted by molar-refractivity contribution is 14.0. The molecule has 0 aromatic carbocycles. The monoisotopic (exact) mass is 451 g/mol. The summed E-state index contributed by atoms with van der Waals surface area (Å²) in [5.41, 5.74) is 0. The lowest BCUT2D eigenvalue weighted by atomic mass is 10.2. The molecule has 2 aliphatic rings. The van der Waals surface area contributed by atoms with E-state index in [1.54, 1.807) is 0 Å². The second-order valence-corrected chi connectivity index (χ2v) is 6.58. The molecule has 1 amide bonds. The van der Waals surface area contributed by atoms with Crippen molar-refractivity contribution in [2.75, 3.05) is 46.3 Å². The average Bonchev–Trinajstić information content (AvgIpc) is 3.24. The molecule has 6 nitrogen and oxygen atoms in total. The van der Waals surface area contributed by atoms with Crippen LogP contribution in [-0.2, 0) is 4.79 Å². The number of halogens is 1. The highest BCUT2D eigenvalue weighted by Gasteiger charge is 2.25. The van der Waals surface area contributed by atoms with Crippen molar-refractivity contribution in [1.29, 1.82) is 0 Å². The van der Waals surface area contributed by atoms with Crippen LogP contribution in [0.15, 0.2) is 4.99 Å². The summed E-state index contributed by atoms with van der Waals surface area (Å²) in [5, 5.41) is 6.84. The van der Waals surface area contributed by atoms with Crippen LogP contribution in [0.4, 0.5) is 0 Å². The van der Waals surface area contributed by atoms with E-state index in [2.05, 4.69) is 20.5 Å². The predicted octanol–water partition coefficient (Wildman–Crippen LogP) is 1.66. The quantitative estimate of drug-likeness (QED) is 0.268. The van der Waals surface area contributed by atoms with Crippen molar-refractivity contribution in [2.24, 2.45) is 4.99 Å². The van der Waals surface area contributed by atoms with Gasteiger partial charge in [-0.05, 0) is 51.7 Å². The number of nitrogens with zero attached hydrogens (tertiary/aromatic N) is 3. The summed E-state index contributed by atoms with van der Waals surface area (Å²) in [4.78, 5) is 20.5. The van der Waals surface area contributed by atoms with Gasteiger partial charge in [-0.2, -0.15) is 0 Å². The summed E-state index contributed by atoms with van der Waals surface area (Å²) in [7, 11) is 1.81. The molecule has 1 atom stereocenters. The molecule has 24 heavy (non-hydrogen) atoms. The smallest absolute Gasteiger partial charge is 0.222 e. The Morgan fingerprint density at radius 2 is 1.96 bits per heavy atom. The van der Waals surface area contributed by atoms with E-state index >= 15 is 0 Å². The van der Waals surface area contributed by atoms with E-state index in [4.69, 9.17) is 0 Å². The largest absolute Gasteiger partial charge is 0.356 e. The van der Waals surface area contributed by atoms with Crippen LogP contribution in [-0.4, -0.2) is 74.0 Å².